The Morgan fingerprint density at radius 2 is 1.00 bits per heavy atom. The van der Waals surface area contributed by atoms with Gasteiger partial charge in [-0.3, -0.25) is 0 Å². The summed E-state index contributed by atoms with van der Waals surface area (Å²) in [6.45, 7) is 17.2. The molecule has 0 N–H and O–H groups in total. The third kappa shape index (κ3) is 4.17. The minimum Gasteiger partial charge on any atom is -0.372 e. The molecule has 0 aliphatic carbocycles. The van der Waals surface area contributed by atoms with E-state index in [1.54, 1.807) is 0 Å². The molecule has 0 heterocycles. The average Bonchev–Trinajstić information content (AvgIpc) is 2.76. The van der Waals surface area contributed by atoms with Crippen molar-refractivity contribution in [2.75, 3.05) is 36.0 Å². The van der Waals surface area contributed by atoms with Gasteiger partial charge in [0.2, 0.25) is 0 Å². The van der Waals surface area contributed by atoms with Crippen LogP contribution in [0.3, 0.4) is 0 Å². The van der Waals surface area contributed by atoms with E-state index in [1.807, 2.05) is 0 Å². The third-order valence-electron chi connectivity index (χ3n) is 5.73. The molecule has 0 atom stereocenters. The van der Waals surface area contributed by atoms with Gasteiger partial charge in [0.25, 0.3) is 0 Å². The first-order valence-electron chi connectivity index (χ1n) is 10.8. The lowest BCUT2D eigenvalue weighted by atomic mass is 9.89. The first kappa shape index (κ1) is 21.0. The van der Waals surface area contributed by atoms with Gasteiger partial charge in [0.1, 0.15) is 0 Å². The van der Waals surface area contributed by atoms with E-state index in [9.17, 15) is 0 Å². The molecule has 0 spiro atoms. The molecular formula is C27H33N2. The van der Waals surface area contributed by atoms with E-state index < -0.39 is 0 Å². The smallest absolute Gasteiger partial charge is 0.0446 e. The van der Waals surface area contributed by atoms with E-state index in [4.69, 9.17) is 0 Å². The Labute approximate surface area is 176 Å². The Bertz CT molecular complexity index is 937. The second-order valence-corrected chi connectivity index (χ2v) is 7.22. The van der Waals surface area contributed by atoms with Gasteiger partial charge < -0.3 is 9.80 Å². The first-order valence-corrected chi connectivity index (χ1v) is 10.8. The van der Waals surface area contributed by atoms with Crippen molar-refractivity contribution in [1.82, 2.24) is 0 Å². The van der Waals surface area contributed by atoms with Crippen molar-refractivity contribution in [3.63, 3.8) is 0 Å². The Balaban J connectivity index is 2.28. The summed E-state index contributed by atoms with van der Waals surface area (Å²) in [6.07, 6.45) is 0. The standard InChI is InChI=1S/C27H33N2/c1-6-28(7-2)25-19-12-10-16-22(25)23-18-14-15-21(5)27(23)24-17-11-13-20-26(24)29(8-3)9-4/h10-20H,5-9H2,1-4H3. The fraction of sp³-hybridized carbons (Fsp3) is 0.296. The number of anilines is 2. The summed E-state index contributed by atoms with van der Waals surface area (Å²) in [7, 11) is 0. The van der Waals surface area contributed by atoms with E-state index in [0.717, 1.165) is 31.7 Å². The highest BCUT2D eigenvalue weighted by molar-refractivity contribution is 5.95. The molecular weight excluding hydrogens is 352 g/mol. The van der Waals surface area contributed by atoms with Crippen molar-refractivity contribution in [2.24, 2.45) is 0 Å². The first-order chi connectivity index (χ1) is 14.2. The number of para-hydroxylation sites is 2. The van der Waals surface area contributed by atoms with Gasteiger partial charge in [-0.1, -0.05) is 54.6 Å². The van der Waals surface area contributed by atoms with Crippen LogP contribution in [0.2, 0.25) is 0 Å². The maximum atomic E-state index is 4.42. The predicted molar refractivity (Wildman–Crippen MR) is 129 cm³/mol. The molecule has 3 aromatic rings. The highest BCUT2D eigenvalue weighted by Crippen LogP contribution is 2.42. The number of nitrogens with zero attached hydrogens (tertiary/aromatic N) is 2. The molecule has 0 aliphatic rings. The summed E-state index contributed by atoms with van der Waals surface area (Å²) in [5.41, 5.74) is 8.63. The van der Waals surface area contributed by atoms with Crippen LogP contribution in [-0.4, -0.2) is 26.2 Å². The molecule has 3 aromatic carbocycles. The quantitative estimate of drug-likeness (QED) is 0.416. The zero-order valence-electron chi connectivity index (χ0n) is 18.3. The fourth-order valence-corrected chi connectivity index (χ4v) is 4.21. The second-order valence-electron chi connectivity index (χ2n) is 7.22. The SMILES string of the molecule is [CH2]c1cccc(-c2ccccc2N(CC)CC)c1-c1ccccc1N(CC)CC. The molecule has 29 heavy (non-hydrogen) atoms. The molecule has 1 radical (unpaired) electrons. The molecule has 0 aliphatic heterocycles. The maximum Gasteiger partial charge on any atom is 0.0446 e. The van der Waals surface area contributed by atoms with Gasteiger partial charge in [-0.05, 0) is 63.4 Å². The number of rotatable bonds is 8. The molecule has 0 amide bonds. The highest BCUT2D eigenvalue weighted by atomic mass is 15.1. The molecule has 2 nitrogen and oxygen atoms in total. The Kier molecular flexibility index (Phi) is 6.98. The van der Waals surface area contributed by atoms with Crippen LogP contribution in [0.5, 0.6) is 0 Å². The van der Waals surface area contributed by atoms with Gasteiger partial charge in [0.15, 0.2) is 0 Å². The van der Waals surface area contributed by atoms with Gasteiger partial charge >= 0.3 is 0 Å². The van der Waals surface area contributed by atoms with Crippen molar-refractivity contribution in [3.8, 4) is 22.3 Å². The van der Waals surface area contributed by atoms with Gasteiger partial charge in [-0.25, -0.2) is 0 Å². The van der Waals surface area contributed by atoms with Gasteiger partial charge in [0, 0.05) is 48.7 Å². The summed E-state index contributed by atoms with van der Waals surface area (Å²) in [4.78, 5) is 4.84. The summed E-state index contributed by atoms with van der Waals surface area (Å²) < 4.78 is 0. The molecule has 0 saturated heterocycles. The van der Waals surface area contributed by atoms with Gasteiger partial charge in [0.05, 0.1) is 0 Å². The molecule has 0 bridgehead atoms. The van der Waals surface area contributed by atoms with Crippen LogP contribution in [0.4, 0.5) is 11.4 Å². The Morgan fingerprint density at radius 1 is 0.552 bits per heavy atom. The summed E-state index contributed by atoms with van der Waals surface area (Å²) >= 11 is 0. The third-order valence-corrected chi connectivity index (χ3v) is 5.73. The predicted octanol–water partition coefficient (Wildman–Crippen LogP) is 6.90. The molecule has 2 heteroatoms. The highest BCUT2D eigenvalue weighted by Gasteiger charge is 2.18. The summed E-state index contributed by atoms with van der Waals surface area (Å²) in [6, 6.07) is 24.0. The molecule has 0 aromatic heterocycles. The van der Waals surface area contributed by atoms with Gasteiger partial charge in [-0.15, -0.1) is 0 Å². The molecule has 0 fully saturated rings. The van der Waals surface area contributed by atoms with Crippen LogP contribution in [0.15, 0.2) is 66.7 Å². The van der Waals surface area contributed by atoms with Crippen molar-refractivity contribution in [3.05, 3.63) is 79.2 Å². The minimum absolute atomic E-state index is 0.984. The summed E-state index contributed by atoms with van der Waals surface area (Å²) in [5, 5.41) is 0. The number of benzene rings is 3. The van der Waals surface area contributed by atoms with E-state index in [0.29, 0.717) is 0 Å². The number of hydrogen-bond acceptors (Lipinski definition) is 2. The normalized spacial score (nSPS) is 10.8. The maximum absolute atomic E-state index is 4.42. The second kappa shape index (κ2) is 9.65. The van der Waals surface area contributed by atoms with Crippen LogP contribution in [0, 0.1) is 6.92 Å². The monoisotopic (exact) mass is 385 g/mol. The van der Waals surface area contributed by atoms with Crippen molar-refractivity contribution >= 4 is 11.4 Å². The molecule has 3 rings (SSSR count). The molecule has 0 saturated carbocycles. The van der Waals surface area contributed by atoms with Crippen molar-refractivity contribution < 1.29 is 0 Å². The van der Waals surface area contributed by atoms with Crippen LogP contribution >= 0.6 is 0 Å². The Hall–Kier alpha value is -2.74. The largest absolute Gasteiger partial charge is 0.372 e. The fourth-order valence-electron chi connectivity index (χ4n) is 4.21. The Morgan fingerprint density at radius 3 is 1.55 bits per heavy atom. The minimum atomic E-state index is 0.984. The van der Waals surface area contributed by atoms with Gasteiger partial charge in [-0.2, -0.15) is 0 Å². The lowest BCUT2D eigenvalue weighted by Crippen LogP contribution is -2.23. The topological polar surface area (TPSA) is 6.48 Å². The van der Waals surface area contributed by atoms with E-state index in [1.165, 1.54) is 33.6 Å². The average molecular weight is 386 g/mol. The van der Waals surface area contributed by atoms with Crippen molar-refractivity contribution in [2.45, 2.75) is 27.7 Å². The van der Waals surface area contributed by atoms with Crippen LogP contribution < -0.4 is 9.80 Å². The van der Waals surface area contributed by atoms with E-state index in [-0.39, 0.29) is 0 Å². The molecule has 0 unspecified atom stereocenters. The van der Waals surface area contributed by atoms with Crippen LogP contribution in [-0.2, 0) is 0 Å². The lowest BCUT2D eigenvalue weighted by molar-refractivity contribution is 0.866. The lowest BCUT2D eigenvalue weighted by Gasteiger charge is -2.28. The van der Waals surface area contributed by atoms with Crippen molar-refractivity contribution in [1.29, 1.82) is 0 Å². The number of hydrogen-bond donors (Lipinski definition) is 0. The zero-order chi connectivity index (χ0) is 20.8. The van der Waals surface area contributed by atoms with E-state index >= 15 is 0 Å². The van der Waals surface area contributed by atoms with Crippen LogP contribution in [0.1, 0.15) is 33.3 Å². The van der Waals surface area contributed by atoms with E-state index in [2.05, 4.69) is 111 Å². The van der Waals surface area contributed by atoms with Crippen LogP contribution in [0.25, 0.3) is 22.3 Å². The molecule has 151 valence electrons. The summed E-state index contributed by atoms with van der Waals surface area (Å²) in [5.74, 6) is 0. The zero-order valence-corrected chi connectivity index (χ0v) is 18.3.